The molecule has 2 rings (SSSR count). The fourth-order valence-electron chi connectivity index (χ4n) is 1.18. The SMILES string of the molecule is CCc1nnc(NC(=O)C2(C#N)CC2)s1. The van der Waals surface area contributed by atoms with Crippen LogP contribution in [0, 0.1) is 16.7 Å². The second-order valence-electron chi connectivity index (χ2n) is 3.50. The van der Waals surface area contributed by atoms with Crippen LogP contribution in [0.3, 0.4) is 0 Å². The summed E-state index contributed by atoms with van der Waals surface area (Å²) in [4.78, 5) is 11.6. The molecule has 1 aliphatic carbocycles. The minimum absolute atomic E-state index is 0.246. The van der Waals surface area contributed by atoms with Gasteiger partial charge in [0, 0.05) is 0 Å². The van der Waals surface area contributed by atoms with Crippen molar-refractivity contribution in [2.45, 2.75) is 26.2 Å². The number of hydrogen-bond acceptors (Lipinski definition) is 5. The summed E-state index contributed by atoms with van der Waals surface area (Å²) in [6.45, 7) is 1.98. The van der Waals surface area contributed by atoms with Crippen LogP contribution < -0.4 is 5.32 Å². The number of nitriles is 1. The number of nitrogens with zero attached hydrogens (tertiary/aromatic N) is 3. The van der Waals surface area contributed by atoms with Gasteiger partial charge >= 0.3 is 0 Å². The van der Waals surface area contributed by atoms with Crippen molar-refractivity contribution in [3.63, 3.8) is 0 Å². The minimum Gasteiger partial charge on any atom is -0.299 e. The Balaban J connectivity index is 2.04. The van der Waals surface area contributed by atoms with Crippen LogP contribution >= 0.6 is 11.3 Å². The standard InChI is InChI=1S/C9H10N4OS/c1-2-6-12-13-8(15-6)11-7(14)9(5-10)3-4-9/h2-4H2,1H3,(H,11,13,14). The fourth-order valence-corrected chi connectivity index (χ4v) is 1.85. The third-order valence-electron chi connectivity index (χ3n) is 2.39. The minimum atomic E-state index is -0.794. The molecular weight excluding hydrogens is 212 g/mol. The van der Waals surface area contributed by atoms with Crippen molar-refractivity contribution >= 4 is 22.4 Å². The molecule has 1 aromatic heterocycles. The Hall–Kier alpha value is -1.48. The molecule has 1 amide bonds. The number of rotatable bonds is 3. The van der Waals surface area contributed by atoms with E-state index < -0.39 is 5.41 Å². The summed E-state index contributed by atoms with van der Waals surface area (Å²) >= 11 is 1.35. The predicted octanol–water partition coefficient (Wildman–Crippen LogP) is 1.34. The van der Waals surface area contributed by atoms with Gasteiger partial charge in [0.05, 0.1) is 6.07 Å². The van der Waals surface area contributed by atoms with E-state index in [9.17, 15) is 4.79 Å². The summed E-state index contributed by atoms with van der Waals surface area (Å²) in [5, 5.41) is 20.5. The lowest BCUT2D eigenvalue weighted by atomic mass is 10.1. The molecule has 15 heavy (non-hydrogen) atoms. The maximum Gasteiger partial charge on any atom is 0.246 e. The van der Waals surface area contributed by atoms with Crippen LogP contribution in [0.15, 0.2) is 0 Å². The van der Waals surface area contributed by atoms with E-state index in [1.54, 1.807) is 0 Å². The number of carbonyl (C=O) groups excluding carboxylic acids is 1. The Labute approximate surface area is 91.1 Å². The Morgan fingerprint density at radius 3 is 2.87 bits per heavy atom. The van der Waals surface area contributed by atoms with Crippen molar-refractivity contribution in [3.8, 4) is 6.07 Å². The maximum absolute atomic E-state index is 11.6. The average molecular weight is 222 g/mol. The van der Waals surface area contributed by atoms with Crippen LogP contribution in [-0.4, -0.2) is 16.1 Å². The summed E-state index contributed by atoms with van der Waals surface area (Å²) < 4.78 is 0. The zero-order valence-electron chi connectivity index (χ0n) is 8.28. The van der Waals surface area contributed by atoms with E-state index in [2.05, 4.69) is 15.5 Å². The van der Waals surface area contributed by atoms with Gasteiger partial charge < -0.3 is 0 Å². The maximum atomic E-state index is 11.6. The van der Waals surface area contributed by atoms with Crippen molar-refractivity contribution in [3.05, 3.63) is 5.01 Å². The number of aromatic nitrogens is 2. The van der Waals surface area contributed by atoms with Crippen LogP contribution in [0.2, 0.25) is 0 Å². The molecular formula is C9H10N4OS. The molecule has 1 N–H and O–H groups in total. The van der Waals surface area contributed by atoms with Gasteiger partial charge in [0.25, 0.3) is 0 Å². The summed E-state index contributed by atoms with van der Waals surface area (Å²) in [6, 6.07) is 2.04. The first kappa shape index (κ1) is 10.1. The van der Waals surface area contributed by atoms with E-state index in [-0.39, 0.29) is 5.91 Å². The summed E-state index contributed by atoms with van der Waals surface area (Å²) in [5.41, 5.74) is -0.794. The van der Waals surface area contributed by atoms with Gasteiger partial charge in [0.2, 0.25) is 11.0 Å². The van der Waals surface area contributed by atoms with Gasteiger partial charge in [-0.15, -0.1) is 10.2 Å². The summed E-state index contributed by atoms with van der Waals surface area (Å²) in [6.07, 6.45) is 2.10. The van der Waals surface area contributed by atoms with Crippen molar-refractivity contribution in [1.29, 1.82) is 5.26 Å². The monoisotopic (exact) mass is 222 g/mol. The molecule has 1 heterocycles. The molecule has 1 saturated carbocycles. The zero-order chi connectivity index (χ0) is 10.9. The first-order valence-corrected chi connectivity index (χ1v) is 5.57. The lowest BCUT2D eigenvalue weighted by Gasteiger charge is -2.03. The molecule has 5 nitrogen and oxygen atoms in total. The van der Waals surface area contributed by atoms with E-state index in [1.165, 1.54) is 11.3 Å². The molecule has 0 radical (unpaired) electrons. The molecule has 1 aromatic rings. The van der Waals surface area contributed by atoms with Crippen LogP contribution in [0.4, 0.5) is 5.13 Å². The molecule has 0 bridgehead atoms. The van der Waals surface area contributed by atoms with Crippen LogP contribution in [-0.2, 0) is 11.2 Å². The van der Waals surface area contributed by atoms with Gasteiger partial charge in [0.15, 0.2) is 0 Å². The number of anilines is 1. The van der Waals surface area contributed by atoms with E-state index >= 15 is 0 Å². The first-order valence-electron chi connectivity index (χ1n) is 4.75. The van der Waals surface area contributed by atoms with Crippen LogP contribution in [0.5, 0.6) is 0 Å². The van der Waals surface area contributed by atoms with Crippen molar-refractivity contribution < 1.29 is 4.79 Å². The molecule has 0 unspecified atom stereocenters. The first-order chi connectivity index (χ1) is 7.20. The topological polar surface area (TPSA) is 78.7 Å². The van der Waals surface area contributed by atoms with E-state index in [0.717, 1.165) is 11.4 Å². The second kappa shape index (κ2) is 3.59. The molecule has 78 valence electrons. The molecule has 0 aromatic carbocycles. The molecule has 0 saturated heterocycles. The largest absolute Gasteiger partial charge is 0.299 e. The number of carbonyl (C=O) groups is 1. The predicted molar refractivity (Wildman–Crippen MR) is 55.2 cm³/mol. The van der Waals surface area contributed by atoms with E-state index in [1.807, 2.05) is 13.0 Å². The average Bonchev–Trinajstić information content (AvgIpc) is 2.94. The van der Waals surface area contributed by atoms with Crippen molar-refractivity contribution in [1.82, 2.24) is 10.2 Å². The highest BCUT2D eigenvalue weighted by Gasteiger charge is 2.50. The lowest BCUT2D eigenvalue weighted by Crippen LogP contribution is -2.22. The molecule has 0 spiro atoms. The normalized spacial score (nSPS) is 16.8. The molecule has 0 aliphatic heterocycles. The smallest absolute Gasteiger partial charge is 0.246 e. The van der Waals surface area contributed by atoms with Crippen LogP contribution in [0.1, 0.15) is 24.8 Å². The number of aryl methyl sites for hydroxylation is 1. The molecule has 1 fully saturated rings. The van der Waals surface area contributed by atoms with Gasteiger partial charge in [-0.3, -0.25) is 10.1 Å². The van der Waals surface area contributed by atoms with Crippen molar-refractivity contribution in [2.75, 3.05) is 5.32 Å². The summed E-state index contributed by atoms with van der Waals surface area (Å²) in [5.74, 6) is -0.246. The highest BCUT2D eigenvalue weighted by molar-refractivity contribution is 7.15. The lowest BCUT2D eigenvalue weighted by molar-refractivity contribution is -0.119. The van der Waals surface area contributed by atoms with Gasteiger partial charge in [-0.25, -0.2) is 0 Å². The molecule has 6 heteroatoms. The quantitative estimate of drug-likeness (QED) is 0.837. The van der Waals surface area contributed by atoms with Crippen LogP contribution in [0.25, 0.3) is 0 Å². The van der Waals surface area contributed by atoms with Gasteiger partial charge in [-0.2, -0.15) is 5.26 Å². The van der Waals surface area contributed by atoms with E-state index in [0.29, 0.717) is 18.0 Å². The molecule has 0 atom stereocenters. The van der Waals surface area contributed by atoms with E-state index in [4.69, 9.17) is 5.26 Å². The number of nitrogens with one attached hydrogen (secondary N) is 1. The Bertz CT molecular complexity index is 430. The fraction of sp³-hybridized carbons (Fsp3) is 0.556. The third kappa shape index (κ3) is 1.83. The summed E-state index contributed by atoms with van der Waals surface area (Å²) in [7, 11) is 0. The Morgan fingerprint density at radius 1 is 1.67 bits per heavy atom. The second-order valence-corrected chi connectivity index (χ2v) is 4.56. The van der Waals surface area contributed by atoms with Crippen molar-refractivity contribution in [2.24, 2.45) is 5.41 Å². The Morgan fingerprint density at radius 2 is 2.40 bits per heavy atom. The van der Waals surface area contributed by atoms with Gasteiger partial charge in [0.1, 0.15) is 10.4 Å². The Kier molecular flexibility index (Phi) is 2.40. The zero-order valence-corrected chi connectivity index (χ0v) is 9.10. The van der Waals surface area contributed by atoms with Gasteiger partial charge in [-0.05, 0) is 19.3 Å². The number of hydrogen-bond donors (Lipinski definition) is 1. The third-order valence-corrected chi connectivity index (χ3v) is 3.37. The molecule has 1 aliphatic rings. The number of amides is 1. The highest BCUT2D eigenvalue weighted by Crippen LogP contribution is 2.45. The van der Waals surface area contributed by atoms with Gasteiger partial charge in [-0.1, -0.05) is 18.3 Å². The highest BCUT2D eigenvalue weighted by atomic mass is 32.1.